The molecule has 1 amide bonds. The number of aliphatic imine (C=N–C) groups is 1. The summed E-state index contributed by atoms with van der Waals surface area (Å²) in [5.74, 6) is 0.886. The van der Waals surface area contributed by atoms with Crippen molar-refractivity contribution in [3.8, 4) is 0 Å². The van der Waals surface area contributed by atoms with Crippen LogP contribution in [0.25, 0.3) is 0 Å². The fraction of sp³-hybridized carbons (Fsp3) is 0.652. The summed E-state index contributed by atoms with van der Waals surface area (Å²) >= 11 is 0. The van der Waals surface area contributed by atoms with Gasteiger partial charge in [0.2, 0.25) is 0 Å². The Hall–Kier alpha value is -2.24. The number of rotatable bonds is 3. The summed E-state index contributed by atoms with van der Waals surface area (Å²) in [6.45, 7) is 20.3. The second kappa shape index (κ2) is 11.1. The predicted octanol–water partition coefficient (Wildman–Crippen LogP) is 5.06. The minimum atomic E-state index is -0.472. The van der Waals surface area contributed by atoms with Crippen molar-refractivity contribution in [1.82, 2.24) is 15.1 Å². The molecule has 2 heterocycles. The Bertz CT molecular complexity index is 683. The zero-order valence-corrected chi connectivity index (χ0v) is 19.8. The van der Waals surface area contributed by atoms with Crippen molar-refractivity contribution in [3.05, 3.63) is 35.3 Å². The number of nitrogens with zero attached hydrogens (tertiary/aromatic N) is 3. The van der Waals surface area contributed by atoms with Crippen molar-refractivity contribution >= 4 is 11.9 Å². The van der Waals surface area contributed by atoms with E-state index in [0.29, 0.717) is 6.54 Å². The highest BCUT2D eigenvalue weighted by atomic mass is 16.6. The van der Waals surface area contributed by atoms with Gasteiger partial charge in [0.15, 0.2) is 0 Å². The van der Waals surface area contributed by atoms with E-state index in [1.54, 1.807) is 0 Å². The SMILES string of the molecule is CC.CC/C=C/NC1=NC=C(C)/C1=C(/C)N1CCN(C(=O)OC(C)(C)C)C(C)C1. The monoisotopic (exact) mass is 404 g/mol. The number of ether oxygens (including phenoxy) is 1. The minimum Gasteiger partial charge on any atom is -0.444 e. The van der Waals surface area contributed by atoms with E-state index in [0.717, 1.165) is 36.5 Å². The Morgan fingerprint density at radius 1 is 1.34 bits per heavy atom. The van der Waals surface area contributed by atoms with Gasteiger partial charge in [0, 0.05) is 43.1 Å². The topological polar surface area (TPSA) is 57.2 Å². The molecule has 0 saturated carbocycles. The molecule has 0 radical (unpaired) electrons. The molecule has 29 heavy (non-hydrogen) atoms. The highest BCUT2D eigenvalue weighted by Gasteiger charge is 2.32. The lowest BCUT2D eigenvalue weighted by atomic mass is 10.0. The zero-order chi connectivity index (χ0) is 22.2. The average Bonchev–Trinajstić information content (AvgIpc) is 3.02. The second-order valence-electron chi connectivity index (χ2n) is 8.17. The van der Waals surface area contributed by atoms with E-state index >= 15 is 0 Å². The van der Waals surface area contributed by atoms with Crippen LogP contribution in [0, 0.1) is 0 Å². The molecule has 0 bridgehead atoms. The van der Waals surface area contributed by atoms with E-state index in [4.69, 9.17) is 4.74 Å². The summed E-state index contributed by atoms with van der Waals surface area (Å²) in [7, 11) is 0. The van der Waals surface area contributed by atoms with Crippen molar-refractivity contribution in [2.75, 3.05) is 19.6 Å². The van der Waals surface area contributed by atoms with Crippen molar-refractivity contribution in [3.63, 3.8) is 0 Å². The quantitative estimate of drug-likeness (QED) is 0.714. The van der Waals surface area contributed by atoms with Crippen LogP contribution in [0.2, 0.25) is 0 Å². The first kappa shape index (κ1) is 24.8. The maximum absolute atomic E-state index is 12.4. The molecule has 1 fully saturated rings. The molecule has 0 aromatic rings. The summed E-state index contributed by atoms with van der Waals surface area (Å²) in [5, 5.41) is 3.30. The molecule has 1 saturated heterocycles. The molecular weight excluding hydrogens is 364 g/mol. The van der Waals surface area contributed by atoms with Crippen LogP contribution in [0.3, 0.4) is 0 Å². The molecule has 0 spiro atoms. The first-order valence-electron chi connectivity index (χ1n) is 10.8. The molecule has 1 unspecified atom stereocenters. The summed E-state index contributed by atoms with van der Waals surface area (Å²) in [6, 6.07) is 0.0863. The molecule has 1 N–H and O–H groups in total. The first-order chi connectivity index (χ1) is 13.6. The normalized spacial score (nSPS) is 21.3. The van der Waals surface area contributed by atoms with E-state index in [1.165, 1.54) is 5.70 Å². The van der Waals surface area contributed by atoms with Gasteiger partial charge in [0.1, 0.15) is 11.4 Å². The van der Waals surface area contributed by atoms with E-state index in [1.807, 2.05) is 51.9 Å². The van der Waals surface area contributed by atoms with Crippen LogP contribution in [0.5, 0.6) is 0 Å². The van der Waals surface area contributed by atoms with Crippen LogP contribution in [0.4, 0.5) is 4.79 Å². The van der Waals surface area contributed by atoms with E-state index < -0.39 is 5.60 Å². The third kappa shape index (κ3) is 6.94. The molecule has 2 aliphatic heterocycles. The maximum atomic E-state index is 12.4. The number of allylic oxidation sites excluding steroid dienone is 2. The third-order valence-corrected chi connectivity index (χ3v) is 4.68. The molecule has 0 aromatic carbocycles. The number of nitrogens with one attached hydrogen (secondary N) is 1. The fourth-order valence-corrected chi connectivity index (χ4v) is 3.31. The predicted molar refractivity (Wildman–Crippen MR) is 122 cm³/mol. The van der Waals surface area contributed by atoms with Crippen LogP contribution in [-0.4, -0.2) is 53.0 Å². The molecule has 2 aliphatic rings. The maximum Gasteiger partial charge on any atom is 0.410 e. The minimum absolute atomic E-state index is 0.0863. The summed E-state index contributed by atoms with van der Waals surface area (Å²) < 4.78 is 5.54. The Morgan fingerprint density at radius 3 is 2.55 bits per heavy atom. The number of carbonyl (C=O) groups is 1. The summed E-state index contributed by atoms with van der Waals surface area (Å²) in [4.78, 5) is 21.1. The molecule has 2 rings (SSSR count). The molecule has 6 heteroatoms. The molecular formula is C23H40N4O2. The van der Waals surface area contributed by atoms with Crippen molar-refractivity contribution in [2.24, 2.45) is 4.99 Å². The van der Waals surface area contributed by atoms with E-state index in [-0.39, 0.29) is 12.1 Å². The van der Waals surface area contributed by atoms with Gasteiger partial charge < -0.3 is 19.9 Å². The summed E-state index contributed by atoms with van der Waals surface area (Å²) in [6.07, 6.45) is 6.67. The van der Waals surface area contributed by atoms with Crippen LogP contribution < -0.4 is 5.32 Å². The van der Waals surface area contributed by atoms with Crippen molar-refractivity contribution in [1.29, 1.82) is 0 Å². The van der Waals surface area contributed by atoms with Crippen LogP contribution in [-0.2, 0) is 4.74 Å². The lowest BCUT2D eigenvalue weighted by molar-refractivity contribution is 0.00494. The van der Waals surface area contributed by atoms with Gasteiger partial charge in [0.05, 0.1) is 0 Å². The van der Waals surface area contributed by atoms with Crippen LogP contribution >= 0.6 is 0 Å². The van der Waals surface area contributed by atoms with Gasteiger partial charge in [-0.2, -0.15) is 0 Å². The number of carbonyl (C=O) groups excluding carboxylic acids is 1. The largest absolute Gasteiger partial charge is 0.444 e. The van der Waals surface area contributed by atoms with Crippen LogP contribution in [0.15, 0.2) is 40.3 Å². The van der Waals surface area contributed by atoms with Gasteiger partial charge >= 0.3 is 6.09 Å². The Morgan fingerprint density at radius 2 is 2.00 bits per heavy atom. The lowest BCUT2D eigenvalue weighted by Crippen LogP contribution is -2.54. The highest BCUT2D eigenvalue weighted by Crippen LogP contribution is 2.26. The highest BCUT2D eigenvalue weighted by molar-refractivity contribution is 6.05. The number of amidine groups is 1. The lowest BCUT2D eigenvalue weighted by Gasteiger charge is -2.42. The molecule has 0 aliphatic carbocycles. The Labute approximate surface area is 177 Å². The van der Waals surface area contributed by atoms with Gasteiger partial charge in [-0.15, -0.1) is 0 Å². The van der Waals surface area contributed by atoms with Crippen LogP contribution in [0.1, 0.15) is 68.7 Å². The zero-order valence-electron chi connectivity index (χ0n) is 19.8. The molecule has 164 valence electrons. The first-order valence-corrected chi connectivity index (χ1v) is 10.8. The van der Waals surface area contributed by atoms with Gasteiger partial charge in [0.25, 0.3) is 0 Å². The Kier molecular flexibility index (Phi) is 9.47. The second-order valence-corrected chi connectivity index (χ2v) is 8.17. The van der Waals surface area contributed by atoms with Gasteiger partial charge in [-0.05, 0) is 59.7 Å². The number of piperazine rings is 1. The van der Waals surface area contributed by atoms with Gasteiger partial charge in [-0.3, -0.25) is 0 Å². The van der Waals surface area contributed by atoms with E-state index in [9.17, 15) is 4.79 Å². The molecule has 1 atom stereocenters. The van der Waals surface area contributed by atoms with Crippen molar-refractivity contribution in [2.45, 2.75) is 80.4 Å². The standard InChI is InChI=1S/C21H34N4O2.C2H6/c1-8-9-10-22-19-18(15(2)13-23-19)17(4)24-11-12-25(16(3)14-24)20(26)27-21(5,6)7;1-2/h9-10,13,16H,8,11-12,14H2,1-7H3,(H,22,23);1-2H3/b10-9+,18-17+;. The molecule has 0 aromatic heterocycles. The summed E-state index contributed by atoms with van der Waals surface area (Å²) in [5.41, 5.74) is 3.02. The number of hydrogen-bond donors (Lipinski definition) is 1. The number of amides is 1. The molecule has 6 nitrogen and oxygen atoms in total. The third-order valence-electron chi connectivity index (χ3n) is 4.68. The van der Waals surface area contributed by atoms with Crippen molar-refractivity contribution < 1.29 is 9.53 Å². The fourth-order valence-electron chi connectivity index (χ4n) is 3.31. The average molecular weight is 405 g/mol. The van der Waals surface area contributed by atoms with Gasteiger partial charge in [-0.25, -0.2) is 9.79 Å². The number of hydrogen-bond acceptors (Lipinski definition) is 5. The smallest absolute Gasteiger partial charge is 0.410 e. The van der Waals surface area contributed by atoms with E-state index in [2.05, 4.69) is 49.0 Å². The van der Waals surface area contributed by atoms with Gasteiger partial charge in [-0.1, -0.05) is 26.8 Å². The Balaban J connectivity index is 0.00000204.